The number of nitrogens with zero attached hydrogens (tertiary/aromatic N) is 5. The van der Waals surface area contributed by atoms with Gasteiger partial charge in [0.05, 0.1) is 11.0 Å². The minimum Gasteiger partial charge on any atom is -0.351 e. The molecule has 11 heteroatoms. The average Bonchev–Trinajstić information content (AvgIpc) is 3.02. The minimum absolute atomic E-state index is 0.0471. The van der Waals surface area contributed by atoms with E-state index in [0.29, 0.717) is 30.4 Å². The topological polar surface area (TPSA) is 58.4 Å². The van der Waals surface area contributed by atoms with Gasteiger partial charge in [0.2, 0.25) is 0 Å². The maximum Gasteiger partial charge on any atom is 0.458 e. The number of nitrogens with one attached hydrogen (secondary N) is 1. The molecule has 0 spiro atoms. The van der Waals surface area contributed by atoms with E-state index in [1.807, 2.05) is 4.90 Å². The Bertz CT molecular complexity index is 1010. The summed E-state index contributed by atoms with van der Waals surface area (Å²) in [4.78, 5) is 10.8. The van der Waals surface area contributed by atoms with Crippen molar-refractivity contribution in [3.8, 4) is 0 Å². The molecular weight excluding hydrogens is 371 g/mol. The summed E-state index contributed by atoms with van der Waals surface area (Å²) in [7, 11) is 0. The molecule has 1 fully saturated rings. The Morgan fingerprint density at radius 3 is 2.41 bits per heavy atom. The number of alkyl halides is 5. The average molecular weight is 386 g/mol. The van der Waals surface area contributed by atoms with Crippen LogP contribution < -0.4 is 10.2 Å². The van der Waals surface area contributed by atoms with Crippen LogP contribution in [0.5, 0.6) is 0 Å². The zero-order valence-corrected chi connectivity index (χ0v) is 14.2. The number of rotatable bonds is 2. The molecule has 3 aromatic rings. The van der Waals surface area contributed by atoms with Crippen molar-refractivity contribution < 1.29 is 22.0 Å². The quantitative estimate of drug-likeness (QED) is 0.687. The zero-order chi connectivity index (χ0) is 19.4. The van der Waals surface area contributed by atoms with E-state index in [1.54, 1.807) is 6.92 Å². The van der Waals surface area contributed by atoms with Crippen LogP contribution in [-0.4, -0.2) is 51.9 Å². The molecule has 0 saturated carbocycles. The van der Waals surface area contributed by atoms with Crippen molar-refractivity contribution >= 4 is 22.5 Å². The molecule has 1 aromatic carbocycles. The Hall–Kier alpha value is -2.56. The van der Waals surface area contributed by atoms with Crippen molar-refractivity contribution in [1.82, 2.24) is 24.9 Å². The first-order chi connectivity index (χ1) is 12.7. The van der Waals surface area contributed by atoms with Gasteiger partial charge in [-0.1, -0.05) is 6.07 Å². The number of anilines is 1. The summed E-state index contributed by atoms with van der Waals surface area (Å²) in [6, 6.07) is 2.69. The smallest absolute Gasteiger partial charge is 0.351 e. The maximum atomic E-state index is 13.8. The lowest BCUT2D eigenvalue weighted by Gasteiger charge is -2.28. The van der Waals surface area contributed by atoms with E-state index in [0.717, 1.165) is 31.3 Å². The number of aromatic nitrogens is 4. The van der Waals surface area contributed by atoms with Crippen LogP contribution in [0.15, 0.2) is 18.2 Å². The zero-order valence-electron chi connectivity index (χ0n) is 14.2. The standard InChI is InChI=1S/C16H15F5N6/c1-9-23-14-13(26-6-4-22-5-7-26)24-11-3-2-10(8-12(11)27(14)25-9)15(17,18)16(19,20)21/h2-3,8,22H,4-7H2,1H3. The molecule has 0 atom stereocenters. The van der Waals surface area contributed by atoms with Gasteiger partial charge in [0.1, 0.15) is 5.82 Å². The lowest BCUT2D eigenvalue weighted by molar-refractivity contribution is -0.289. The molecule has 6 nitrogen and oxygen atoms in total. The highest BCUT2D eigenvalue weighted by Gasteiger charge is 2.58. The second-order valence-corrected chi connectivity index (χ2v) is 6.34. The number of hydrogen-bond acceptors (Lipinski definition) is 5. The fraction of sp³-hybridized carbons (Fsp3) is 0.438. The van der Waals surface area contributed by atoms with Gasteiger partial charge in [0.25, 0.3) is 0 Å². The third-order valence-corrected chi connectivity index (χ3v) is 4.48. The first kappa shape index (κ1) is 17.8. The summed E-state index contributed by atoms with van der Waals surface area (Å²) >= 11 is 0. The van der Waals surface area contributed by atoms with Crippen molar-refractivity contribution in [2.24, 2.45) is 0 Å². The second-order valence-electron chi connectivity index (χ2n) is 6.34. The molecule has 0 radical (unpaired) electrons. The third kappa shape index (κ3) is 2.85. The van der Waals surface area contributed by atoms with E-state index in [9.17, 15) is 22.0 Å². The Labute approximate surface area is 150 Å². The van der Waals surface area contributed by atoms with Crippen LogP contribution >= 0.6 is 0 Å². The summed E-state index contributed by atoms with van der Waals surface area (Å²) in [6.45, 7) is 4.45. The molecule has 1 aliphatic rings. The van der Waals surface area contributed by atoms with Gasteiger partial charge in [0, 0.05) is 31.7 Å². The number of benzene rings is 1. The highest BCUT2D eigenvalue weighted by molar-refractivity contribution is 5.83. The Morgan fingerprint density at radius 1 is 1.04 bits per heavy atom. The second kappa shape index (κ2) is 5.98. The van der Waals surface area contributed by atoms with Crippen LogP contribution in [-0.2, 0) is 5.92 Å². The van der Waals surface area contributed by atoms with Crippen LogP contribution in [0.4, 0.5) is 27.8 Å². The van der Waals surface area contributed by atoms with Gasteiger partial charge in [-0.05, 0) is 19.1 Å². The Morgan fingerprint density at radius 2 is 1.74 bits per heavy atom. The van der Waals surface area contributed by atoms with Crippen LogP contribution in [0.3, 0.4) is 0 Å². The highest BCUT2D eigenvalue weighted by atomic mass is 19.4. The first-order valence-electron chi connectivity index (χ1n) is 8.26. The van der Waals surface area contributed by atoms with Crippen molar-refractivity contribution in [2.75, 3.05) is 31.1 Å². The summed E-state index contributed by atoms with van der Waals surface area (Å²) < 4.78 is 67.0. The number of hydrogen-bond donors (Lipinski definition) is 1. The van der Waals surface area contributed by atoms with Crippen molar-refractivity contribution in [1.29, 1.82) is 0 Å². The van der Waals surface area contributed by atoms with Gasteiger partial charge in [-0.2, -0.15) is 27.1 Å². The monoisotopic (exact) mass is 386 g/mol. The molecule has 0 bridgehead atoms. The predicted octanol–water partition coefficient (Wildman–Crippen LogP) is 2.65. The number of piperazine rings is 1. The minimum atomic E-state index is -5.69. The van der Waals surface area contributed by atoms with E-state index in [-0.39, 0.29) is 11.0 Å². The first-order valence-corrected chi connectivity index (χ1v) is 8.26. The van der Waals surface area contributed by atoms with Gasteiger partial charge in [-0.3, -0.25) is 0 Å². The van der Waals surface area contributed by atoms with E-state index in [2.05, 4.69) is 20.4 Å². The Balaban J connectivity index is 1.94. The predicted molar refractivity (Wildman–Crippen MR) is 88.1 cm³/mol. The molecule has 0 aliphatic carbocycles. The molecule has 1 N–H and O–H groups in total. The van der Waals surface area contributed by atoms with Crippen molar-refractivity contribution in [3.05, 3.63) is 29.6 Å². The van der Waals surface area contributed by atoms with Gasteiger partial charge in [-0.15, -0.1) is 0 Å². The molecular formula is C16H15F5N6. The van der Waals surface area contributed by atoms with E-state index >= 15 is 0 Å². The van der Waals surface area contributed by atoms with Crippen molar-refractivity contribution in [3.63, 3.8) is 0 Å². The largest absolute Gasteiger partial charge is 0.458 e. The lowest BCUT2D eigenvalue weighted by atomic mass is 10.1. The molecule has 27 heavy (non-hydrogen) atoms. The fourth-order valence-corrected chi connectivity index (χ4v) is 3.13. The summed E-state index contributed by atoms with van der Waals surface area (Å²) in [5.41, 5.74) is -0.517. The number of halogens is 5. The van der Waals surface area contributed by atoms with E-state index in [1.165, 1.54) is 4.52 Å². The van der Waals surface area contributed by atoms with E-state index < -0.39 is 17.7 Å². The normalized spacial score (nSPS) is 16.4. The highest BCUT2D eigenvalue weighted by Crippen LogP contribution is 2.44. The van der Waals surface area contributed by atoms with Crippen LogP contribution in [0.2, 0.25) is 0 Å². The number of aryl methyl sites for hydroxylation is 1. The fourth-order valence-electron chi connectivity index (χ4n) is 3.13. The summed E-state index contributed by atoms with van der Waals surface area (Å²) in [5, 5.41) is 7.39. The molecule has 0 amide bonds. The van der Waals surface area contributed by atoms with Gasteiger partial charge >= 0.3 is 12.1 Å². The van der Waals surface area contributed by atoms with Gasteiger partial charge in [0.15, 0.2) is 11.5 Å². The summed E-state index contributed by atoms with van der Waals surface area (Å²) in [6.07, 6.45) is -5.69. The molecule has 4 rings (SSSR count). The van der Waals surface area contributed by atoms with Crippen LogP contribution in [0.1, 0.15) is 11.4 Å². The molecule has 3 heterocycles. The van der Waals surface area contributed by atoms with Crippen molar-refractivity contribution in [2.45, 2.75) is 19.0 Å². The Kier molecular flexibility index (Phi) is 3.95. The summed E-state index contributed by atoms with van der Waals surface area (Å²) in [5.74, 6) is -4.08. The maximum absolute atomic E-state index is 13.8. The molecule has 144 valence electrons. The van der Waals surface area contributed by atoms with Gasteiger partial charge < -0.3 is 10.2 Å². The molecule has 1 saturated heterocycles. The lowest BCUT2D eigenvalue weighted by Crippen LogP contribution is -2.44. The number of fused-ring (bicyclic) bond motifs is 3. The molecule has 1 aliphatic heterocycles. The van der Waals surface area contributed by atoms with E-state index in [4.69, 9.17) is 0 Å². The SMILES string of the molecule is Cc1nc2c(N3CCNCC3)nc3ccc(C(F)(F)C(F)(F)F)cc3n2n1. The van der Waals surface area contributed by atoms with Gasteiger partial charge in [-0.25, -0.2) is 14.5 Å². The third-order valence-electron chi connectivity index (χ3n) is 4.48. The van der Waals surface area contributed by atoms with Crippen LogP contribution in [0.25, 0.3) is 16.7 Å². The van der Waals surface area contributed by atoms with Crippen LogP contribution in [0, 0.1) is 6.92 Å². The molecule has 2 aromatic heterocycles. The molecule has 0 unspecified atom stereocenters.